The number of nitrogens with zero attached hydrogens (tertiary/aromatic N) is 6. The first-order chi connectivity index (χ1) is 64.4. The number of carbonyl (C=O) groups is 17. The predicted octanol–water partition coefficient (Wildman–Crippen LogP) is -2.34. The third kappa shape index (κ3) is 28.9. The van der Waals surface area contributed by atoms with Crippen LogP contribution < -0.4 is 75.7 Å². The Morgan fingerprint density at radius 3 is 1.82 bits per heavy atom. The molecule has 6 aromatic rings. The number of primary amides is 2. The number of H-pyrrole nitrogens is 3. The summed E-state index contributed by atoms with van der Waals surface area (Å²) < 4.78 is 0. The molecule has 9 rings (SSSR count). The van der Waals surface area contributed by atoms with E-state index in [4.69, 9.17) is 22.6 Å². The van der Waals surface area contributed by atoms with Crippen LogP contribution in [0.3, 0.4) is 0 Å². The molecule has 3 aliphatic rings. The number of nitrogens with two attached hydrogens (primary N) is 3. The van der Waals surface area contributed by atoms with E-state index in [1.165, 1.54) is 81.5 Å². The van der Waals surface area contributed by atoms with E-state index >= 15 is 33.6 Å². The van der Waals surface area contributed by atoms with Crippen molar-refractivity contribution < 1.29 is 91.7 Å². The maximum Gasteiger partial charge on any atom is 0.246 e. The van der Waals surface area contributed by atoms with Crippen LogP contribution in [-0.2, 0) is 107 Å². The number of amides is 16. The first-order valence-electron chi connectivity index (χ1n) is 44.9. The fourth-order valence-electron chi connectivity index (χ4n) is 16.8. The molecule has 23 N–H and O–H groups in total. The van der Waals surface area contributed by atoms with E-state index in [2.05, 4.69) is 78.4 Å². The molecular formula is C90H126N24O19S2. The number of imidazole rings is 1. The van der Waals surface area contributed by atoms with Gasteiger partial charge in [-0.05, 0) is 130 Å². The summed E-state index contributed by atoms with van der Waals surface area (Å²) in [5.74, 6) is -16.5. The molecule has 0 radical (unpaired) electrons. The monoisotopic (exact) mass is 1910 g/mol. The van der Waals surface area contributed by atoms with Crippen molar-refractivity contribution in [1.82, 2.24) is 103 Å². The molecule has 0 saturated carbocycles. The van der Waals surface area contributed by atoms with Crippen LogP contribution in [0.4, 0.5) is 0 Å². The molecule has 6 heterocycles. The number of benzene rings is 3. The Labute approximate surface area is 789 Å². The largest absolute Gasteiger partial charge is 0.508 e. The summed E-state index contributed by atoms with van der Waals surface area (Å²) in [6, 6.07) is -0.342. The summed E-state index contributed by atoms with van der Waals surface area (Å²) in [6.07, 6.45) is 7.11. The van der Waals surface area contributed by atoms with Crippen LogP contribution in [-0.4, -0.2) is 323 Å². The zero-order chi connectivity index (χ0) is 98.5. The number of aldehydes is 1. The fourth-order valence-corrected chi connectivity index (χ4v) is 18.1. The van der Waals surface area contributed by atoms with Crippen molar-refractivity contribution in [2.24, 2.45) is 23.1 Å². The van der Waals surface area contributed by atoms with E-state index < -0.39 is 216 Å². The van der Waals surface area contributed by atoms with Gasteiger partial charge in [-0.3, -0.25) is 92.2 Å². The average Bonchev–Trinajstić information content (AvgIpc) is 1.64. The minimum Gasteiger partial charge on any atom is -0.508 e. The van der Waals surface area contributed by atoms with Gasteiger partial charge in [0.2, 0.25) is 94.5 Å². The average molecular weight is 1910 g/mol. The first kappa shape index (κ1) is 106. The summed E-state index contributed by atoms with van der Waals surface area (Å²) in [5.41, 5.74) is 17.9. The molecule has 14 atom stereocenters. The number of para-hydroxylation sites is 2. The summed E-state index contributed by atoms with van der Waals surface area (Å²) in [6.45, 7) is 4.63. The van der Waals surface area contributed by atoms with Gasteiger partial charge in [-0.15, -0.1) is 11.8 Å². The van der Waals surface area contributed by atoms with Gasteiger partial charge in [0.25, 0.3) is 0 Å². The molecule has 0 bridgehead atoms. The normalized spacial score (nSPS) is 24.7. The Kier molecular flexibility index (Phi) is 39.3. The molecule has 45 heteroatoms. The van der Waals surface area contributed by atoms with Crippen LogP contribution in [0, 0.1) is 11.3 Å². The number of fused-ring (bicyclic) bond motifs is 4. The van der Waals surface area contributed by atoms with Crippen LogP contribution in [0.25, 0.3) is 21.8 Å². The predicted molar refractivity (Wildman–Crippen MR) is 502 cm³/mol. The maximum atomic E-state index is 15.8. The van der Waals surface area contributed by atoms with Gasteiger partial charge in [-0.1, -0.05) is 82.1 Å². The van der Waals surface area contributed by atoms with Crippen molar-refractivity contribution in [2.45, 2.75) is 215 Å². The highest BCUT2D eigenvalue weighted by molar-refractivity contribution is 8.00. The highest BCUT2D eigenvalue weighted by atomic mass is 32.2. The van der Waals surface area contributed by atoms with Gasteiger partial charge in [0, 0.05) is 112 Å². The van der Waals surface area contributed by atoms with Crippen molar-refractivity contribution in [3.05, 3.63) is 120 Å². The van der Waals surface area contributed by atoms with Crippen LogP contribution in [0.5, 0.6) is 5.75 Å². The molecule has 3 fully saturated rings. The van der Waals surface area contributed by atoms with Gasteiger partial charge in [0.15, 0.2) is 17.9 Å². The summed E-state index contributed by atoms with van der Waals surface area (Å²) >= 11 is 2.08. The molecule has 3 aliphatic heterocycles. The highest BCUT2D eigenvalue weighted by Gasteiger charge is 2.50. The minimum atomic E-state index is -2.04. The summed E-state index contributed by atoms with van der Waals surface area (Å²) in [4.78, 5) is 270. The number of phenolic OH excluding ortho intramolecular Hbond substituents is 1. The Bertz CT molecular complexity index is 5210. The minimum absolute atomic E-state index is 0.00753. The van der Waals surface area contributed by atoms with E-state index in [-0.39, 0.29) is 121 Å². The van der Waals surface area contributed by atoms with Crippen molar-refractivity contribution in [2.75, 3.05) is 77.4 Å². The number of hydrogen-bond donors (Lipinski definition) is 20. The lowest BCUT2D eigenvalue weighted by Crippen LogP contribution is -2.67. The van der Waals surface area contributed by atoms with E-state index in [1.807, 2.05) is 6.92 Å². The lowest BCUT2D eigenvalue weighted by molar-refractivity contribution is -0.149. The second-order valence-electron chi connectivity index (χ2n) is 34.5. The van der Waals surface area contributed by atoms with Gasteiger partial charge in [-0.25, -0.2) is 4.98 Å². The van der Waals surface area contributed by atoms with E-state index in [0.29, 0.717) is 63.3 Å². The van der Waals surface area contributed by atoms with Crippen LogP contribution in [0.1, 0.15) is 127 Å². The Balaban J connectivity index is 1.12. The zero-order valence-electron chi connectivity index (χ0n) is 76.9. The molecule has 0 spiro atoms. The van der Waals surface area contributed by atoms with Gasteiger partial charge in [-0.2, -0.15) is 11.8 Å². The number of aromatic hydroxyl groups is 1. The third-order valence-electron chi connectivity index (χ3n) is 24.2. The standard InChI is InChI=1S/C90H126N24O19S2/c1-9-10-23-72-88(133)111(6)70(29-34-134-8)82(127)102-61(22-15-31-96-89(93)94)78(123)108-69(77(122)99-44-74(92)119)46-135-47-75(120)101-65(36-52-25-27-56(117)28-26-52)84(129)110(5)51(4)76(121)104-67(40-73(91)118)86(131)113-32-16-24-71(113)83(128)103-62(39-55-43-95-49-100-55)79(124)105-64(35-50(2)3)87(132)114-33-17-30-90(114,48-116)109-63(37-53-41-97-59-20-13-11-18-57(53)59)80(125)107-68(45-115)81(126)106-66(85(130)112(72)7)38-54-42-98-60-21-14-12-19-58(54)60/h11-14,18-21,25-28,41-43,48-51,61-72,97-98,109,115,117H,9-10,15-17,22-24,29-40,44-47H2,1-8H3,(H2,91,118)(H2,92,119)(H,95,100)(H,99,122)(H,101,120)(H,102,127)(H,103,128)(H,104,121)(H,105,124)(H,106,126)(H,107,125)(H,108,123)(H4,93,94,96)/t51-,61-,62-,63-,64-,65-,66-,67-,68-,69?,70-,71-,72-,90?/m0/s1. The molecule has 135 heavy (non-hydrogen) atoms. The number of likely N-dealkylation sites (N-methyl/N-ethyl adjacent to an activating group) is 3. The second kappa shape index (κ2) is 50.2. The molecule has 0 aliphatic carbocycles. The number of hydrogen-bond acceptors (Lipinski definition) is 24. The molecule has 3 aromatic heterocycles. The number of nitrogens with one attached hydrogen (secondary N) is 15. The number of aliphatic hydroxyl groups is 1. The van der Waals surface area contributed by atoms with Gasteiger partial charge in [0.05, 0.1) is 37.7 Å². The highest BCUT2D eigenvalue weighted by Crippen LogP contribution is 2.31. The molecule has 3 aromatic carbocycles. The van der Waals surface area contributed by atoms with Gasteiger partial charge < -0.3 is 120 Å². The Hall–Kier alpha value is -13.2. The lowest BCUT2D eigenvalue weighted by Gasteiger charge is -2.39. The number of guanidine groups is 1. The molecule has 3 saturated heterocycles. The third-order valence-corrected chi connectivity index (χ3v) is 25.9. The van der Waals surface area contributed by atoms with Crippen molar-refractivity contribution in [3.8, 4) is 5.75 Å². The zero-order valence-corrected chi connectivity index (χ0v) is 78.6. The van der Waals surface area contributed by atoms with E-state index in [0.717, 1.165) is 31.4 Å². The van der Waals surface area contributed by atoms with Crippen LogP contribution >= 0.6 is 23.5 Å². The topological polar surface area (TPSA) is 641 Å². The number of carbonyl (C=O) groups excluding carboxylic acids is 17. The van der Waals surface area contributed by atoms with E-state index in [1.54, 1.807) is 81.0 Å². The van der Waals surface area contributed by atoms with Crippen LogP contribution in [0.15, 0.2) is 97.7 Å². The number of phenols is 1. The molecular weight excluding hydrogens is 1790 g/mol. The van der Waals surface area contributed by atoms with Gasteiger partial charge in [0.1, 0.15) is 78.3 Å². The van der Waals surface area contributed by atoms with Gasteiger partial charge >= 0.3 is 0 Å². The van der Waals surface area contributed by atoms with E-state index in [9.17, 15) is 58.2 Å². The molecule has 43 nitrogen and oxygen atoms in total. The molecule has 732 valence electrons. The van der Waals surface area contributed by atoms with Crippen LogP contribution in [0.2, 0.25) is 0 Å². The first-order valence-corrected chi connectivity index (χ1v) is 47.5. The smallest absolute Gasteiger partial charge is 0.246 e. The quantitative estimate of drug-likeness (QED) is 0.0111. The summed E-state index contributed by atoms with van der Waals surface area (Å²) in [7, 11) is 3.92. The molecule has 2 unspecified atom stereocenters. The number of rotatable bonds is 27. The van der Waals surface area contributed by atoms with Crippen molar-refractivity contribution in [1.29, 1.82) is 5.41 Å². The number of aliphatic hydroxyl groups excluding tert-OH is 1. The van der Waals surface area contributed by atoms with Crippen molar-refractivity contribution in [3.63, 3.8) is 0 Å². The van der Waals surface area contributed by atoms with Crippen molar-refractivity contribution >= 4 is 152 Å². The number of unbranched alkanes of at least 4 members (excludes halogenated alkanes) is 1. The second-order valence-corrected chi connectivity index (χ2v) is 36.5. The maximum absolute atomic E-state index is 15.8. The fraction of sp³-hybridized carbons (Fsp3) is 0.522. The number of aromatic nitrogens is 4. The Morgan fingerprint density at radius 1 is 0.615 bits per heavy atom. The molecule has 16 amide bonds. The Morgan fingerprint density at radius 2 is 1.21 bits per heavy atom. The SMILES string of the molecule is CCCC[C@H]1C(=O)N(C)[C@@H](CCSC)C(=O)N[C@@H](CCCNC(=N)N)C(=O)NC(C(=O)NCC(N)=O)CSCC(=O)N[C@@H](Cc2ccc(O)cc2)C(=O)N(C)[C@@H](C)C(=O)N[C@@H](CC(N)=O)C(=O)N2CCC[C@H]2C(=O)N[C@@H](Cc2cnc[nH]2)C(=O)N[C@@H](CC(C)C)C(=O)N2CCCC2(C=O)N[C@@H](Cc2c[nH]c3ccccc23)C(=O)N[C@@H](CO)C(=O)N[C@@H](Cc2c[nH]c3ccccc23)C(=O)N1C. The number of thioether (sulfide) groups is 2. The number of aromatic amines is 3. The lowest BCUT2D eigenvalue weighted by atomic mass is 9.98. The summed E-state index contributed by atoms with van der Waals surface area (Å²) in [5, 5.41) is 60.5.